The number of aliphatic hydroxyl groups is 1. The summed E-state index contributed by atoms with van der Waals surface area (Å²) in [6, 6.07) is 9.16. The molecule has 0 aliphatic carbocycles. The first-order valence-electron chi connectivity index (χ1n) is 5.95. The topological polar surface area (TPSA) is 70.0 Å². The molecule has 0 aliphatic heterocycles. The molecule has 4 heteroatoms. The highest BCUT2D eigenvalue weighted by Crippen LogP contribution is 2.12. The summed E-state index contributed by atoms with van der Waals surface area (Å²) in [5.74, 6) is 0.442. The summed E-state index contributed by atoms with van der Waals surface area (Å²) in [7, 11) is 0. The van der Waals surface area contributed by atoms with Crippen molar-refractivity contribution in [1.29, 1.82) is 5.26 Å². The Balaban J connectivity index is 0.00000289. The predicted octanol–water partition coefficient (Wildman–Crippen LogP) is 2.26. The van der Waals surface area contributed by atoms with Crippen LogP contribution in [0.25, 0.3) is 0 Å². The summed E-state index contributed by atoms with van der Waals surface area (Å²) in [4.78, 5) is 0. The van der Waals surface area contributed by atoms with Gasteiger partial charge in [-0.1, -0.05) is 26.0 Å². The van der Waals surface area contributed by atoms with E-state index in [4.69, 9.17) is 11.0 Å². The fourth-order valence-electron chi connectivity index (χ4n) is 1.78. The number of hydrogen-bond acceptors (Lipinski definition) is 3. The van der Waals surface area contributed by atoms with E-state index in [1.165, 1.54) is 0 Å². The quantitative estimate of drug-likeness (QED) is 0.861. The van der Waals surface area contributed by atoms with Crippen LogP contribution in [0.4, 0.5) is 0 Å². The molecule has 1 rings (SSSR count). The highest BCUT2D eigenvalue weighted by molar-refractivity contribution is 5.85. The maximum atomic E-state index is 9.87. The van der Waals surface area contributed by atoms with Crippen LogP contribution >= 0.6 is 12.4 Å². The van der Waals surface area contributed by atoms with Gasteiger partial charge in [0.25, 0.3) is 0 Å². The van der Waals surface area contributed by atoms with Gasteiger partial charge in [-0.25, -0.2) is 0 Å². The molecule has 0 saturated carbocycles. The molecule has 0 unspecified atom stereocenters. The molecule has 0 aliphatic rings. The second-order valence-corrected chi connectivity index (χ2v) is 4.87. The summed E-state index contributed by atoms with van der Waals surface area (Å²) in [6.07, 6.45) is 0.891. The van der Waals surface area contributed by atoms with Crippen LogP contribution < -0.4 is 5.73 Å². The second-order valence-electron chi connectivity index (χ2n) is 4.87. The molecule has 1 aromatic rings. The second kappa shape index (κ2) is 8.10. The molecule has 100 valence electrons. The van der Waals surface area contributed by atoms with Crippen molar-refractivity contribution in [2.75, 3.05) is 0 Å². The van der Waals surface area contributed by atoms with Crippen LogP contribution in [0.15, 0.2) is 24.3 Å². The van der Waals surface area contributed by atoms with E-state index >= 15 is 0 Å². The van der Waals surface area contributed by atoms with Gasteiger partial charge in [-0.3, -0.25) is 0 Å². The first kappa shape index (κ1) is 16.9. The number of benzene rings is 1. The normalized spacial score (nSPS) is 13.6. The first-order valence-corrected chi connectivity index (χ1v) is 5.95. The van der Waals surface area contributed by atoms with E-state index < -0.39 is 6.10 Å². The molecule has 0 aromatic heterocycles. The van der Waals surface area contributed by atoms with Crippen LogP contribution in [0.1, 0.15) is 31.4 Å². The van der Waals surface area contributed by atoms with E-state index in [2.05, 4.69) is 19.9 Å². The molecule has 2 atom stereocenters. The van der Waals surface area contributed by atoms with E-state index in [9.17, 15) is 5.11 Å². The zero-order chi connectivity index (χ0) is 12.8. The van der Waals surface area contributed by atoms with Gasteiger partial charge in [-0.2, -0.15) is 5.26 Å². The Labute approximate surface area is 115 Å². The average molecular weight is 269 g/mol. The van der Waals surface area contributed by atoms with Gasteiger partial charge in [0.1, 0.15) is 0 Å². The van der Waals surface area contributed by atoms with Crippen molar-refractivity contribution in [2.24, 2.45) is 11.7 Å². The van der Waals surface area contributed by atoms with Gasteiger partial charge < -0.3 is 10.8 Å². The maximum Gasteiger partial charge on any atom is 0.0991 e. The molecule has 1 aromatic carbocycles. The van der Waals surface area contributed by atoms with Gasteiger partial charge in [0.05, 0.1) is 17.7 Å². The molecule has 0 saturated heterocycles. The highest BCUT2D eigenvalue weighted by atomic mass is 35.5. The minimum atomic E-state index is -0.467. The summed E-state index contributed by atoms with van der Waals surface area (Å²) in [5, 5.41) is 18.6. The molecule has 3 N–H and O–H groups in total. The molecule has 0 fully saturated rings. The minimum absolute atomic E-state index is 0. The summed E-state index contributed by atoms with van der Waals surface area (Å²) in [6.45, 7) is 4.13. The standard InChI is InChI=1S/C14H20N2O.ClH/c1-10(2)7-14(17)13(16)8-11-3-5-12(9-15)6-4-11;/h3-6,10,13-14,17H,7-8,16H2,1-2H3;1H/t13-,14-;/m1./s1. The number of aliphatic hydroxyl groups excluding tert-OH is 1. The third-order valence-electron chi connectivity index (χ3n) is 2.76. The van der Waals surface area contributed by atoms with E-state index in [0.717, 1.165) is 12.0 Å². The van der Waals surface area contributed by atoms with Crippen molar-refractivity contribution in [3.05, 3.63) is 35.4 Å². The van der Waals surface area contributed by atoms with E-state index in [1.807, 2.05) is 12.1 Å². The van der Waals surface area contributed by atoms with Crippen molar-refractivity contribution < 1.29 is 5.11 Å². The Hall–Kier alpha value is -1.08. The van der Waals surface area contributed by atoms with Crippen LogP contribution in [0.3, 0.4) is 0 Å². The maximum absolute atomic E-state index is 9.87. The van der Waals surface area contributed by atoms with Gasteiger partial charge in [0.2, 0.25) is 0 Å². The van der Waals surface area contributed by atoms with Crippen molar-refractivity contribution in [1.82, 2.24) is 0 Å². The predicted molar refractivity (Wildman–Crippen MR) is 75.5 cm³/mol. The van der Waals surface area contributed by atoms with E-state index in [-0.39, 0.29) is 18.4 Å². The van der Waals surface area contributed by atoms with E-state index in [1.54, 1.807) is 12.1 Å². The minimum Gasteiger partial charge on any atom is -0.391 e. The Bertz CT molecular complexity index is 384. The lowest BCUT2D eigenvalue weighted by molar-refractivity contribution is 0.120. The summed E-state index contributed by atoms with van der Waals surface area (Å²) < 4.78 is 0. The Kier molecular flexibility index (Phi) is 7.61. The monoisotopic (exact) mass is 268 g/mol. The zero-order valence-corrected chi connectivity index (χ0v) is 11.7. The van der Waals surface area contributed by atoms with E-state index in [0.29, 0.717) is 17.9 Å². The first-order chi connectivity index (χ1) is 8.02. The van der Waals surface area contributed by atoms with Crippen molar-refractivity contribution in [3.63, 3.8) is 0 Å². The highest BCUT2D eigenvalue weighted by Gasteiger charge is 2.16. The van der Waals surface area contributed by atoms with Crippen LogP contribution in [-0.2, 0) is 6.42 Å². The van der Waals surface area contributed by atoms with Crippen molar-refractivity contribution >= 4 is 12.4 Å². The summed E-state index contributed by atoms with van der Waals surface area (Å²) in [5.41, 5.74) is 7.65. The third kappa shape index (κ3) is 5.50. The Morgan fingerprint density at radius 1 is 1.28 bits per heavy atom. The lowest BCUT2D eigenvalue weighted by Crippen LogP contribution is -2.37. The molecule has 18 heavy (non-hydrogen) atoms. The molecule has 0 bridgehead atoms. The largest absolute Gasteiger partial charge is 0.391 e. The molecular weight excluding hydrogens is 248 g/mol. The SMILES string of the molecule is CC(C)C[C@@H](O)[C@H](N)Cc1ccc(C#N)cc1.Cl. The lowest BCUT2D eigenvalue weighted by atomic mass is 9.95. The molecule has 0 spiro atoms. The van der Waals surface area contributed by atoms with Gasteiger partial charge in [-0.15, -0.1) is 12.4 Å². The number of nitrogens with zero attached hydrogens (tertiary/aromatic N) is 1. The lowest BCUT2D eigenvalue weighted by Gasteiger charge is -2.20. The zero-order valence-electron chi connectivity index (χ0n) is 10.8. The van der Waals surface area contributed by atoms with Crippen molar-refractivity contribution in [3.8, 4) is 6.07 Å². The van der Waals surface area contributed by atoms with Gasteiger partial charge in [0, 0.05) is 6.04 Å². The van der Waals surface area contributed by atoms with Crippen LogP contribution in [-0.4, -0.2) is 17.3 Å². The molecule has 0 amide bonds. The van der Waals surface area contributed by atoms with Crippen LogP contribution in [0.5, 0.6) is 0 Å². The Morgan fingerprint density at radius 2 is 1.83 bits per heavy atom. The molecule has 3 nitrogen and oxygen atoms in total. The number of hydrogen-bond donors (Lipinski definition) is 2. The number of nitriles is 1. The van der Waals surface area contributed by atoms with Gasteiger partial charge >= 0.3 is 0 Å². The fraction of sp³-hybridized carbons (Fsp3) is 0.500. The summed E-state index contributed by atoms with van der Waals surface area (Å²) >= 11 is 0. The fourth-order valence-corrected chi connectivity index (χ4v) is 1.78. The Morgan fingerprint density at radius 3 is 2.28 bits per heavy atom. The van der Waals surface area contributed by atoms with Crippen LogP contribution in [0.2, 0.25) is 0 Å². The van der Waals surface area contributed by atoms with Gasteiger partial charge in [0.15, 0.2) is 0 Å². The number of halogens is 1. The third-order valence-corrected chi connectivity index (χ3v) is 2.76. The smallest absolute Gasteiger partial charge is 0.0991 e. The molecule has 0 heterocycles. The van der Waals surface area contributed by atoms with Gasteiger partial charge in [-0.05, 0) is 36.5 Å². The van der Waals surface area contributed by atoms with Crippen molar-refractivity contribution in [2.45, 2.75) is 38.8 Å². The number of nitrogens with two attached hydrogens (primary N) is 1. The van der Waals surface area contributed by atoms with Crippen LogP contribution in [0, 0.1) is 17.2 Å². The average Bonchev–Trinajstić information content (AvgIpc) is 2.29. The molecule has 0 radical (unpaired) electrons. The molecular formula is C14H21ClN2O. The number of rotatable bonds is 5.